The molecule has 1 atom stereocenters. The lowest BCUT2D eigenvalue weighted by atomic mass is 9.96. The smallest absolute Gasteiger partial charge is 0.384 e. The maximum atomic E-state index is 12.8. The Balaban J connectivity index is 2.06. The van der Waals surface area contributed by atoms with Gasteiger partial charge in [0, 0.05) is 18.7 Å². The van der Waals surface area contributed by atoms with Crippen LogP contribution in [0.5, 0.6) is 0 Å². The Morgan fingerprint density at radius 3 is 2.71 bits per heavy atom. The van der Waals surface area contributed by atoms with Crippen molar-refractivity contribution in [3.05, 3.63) is 34.9 Å². The van der Waals surface area contributed by atoms with E-state index in [4.69, 9.17) is 11.1 Å². The topological polar surface area (TPSA) is 53.1 Å². The van der Waals surface area contributed by atoms with Crippen LogP contribution >= 0.6 is 0 Å². The Bertz CT molecular complexity index is 525. The third kappa shape index (κ3) is 3.97. The van der Waals surface area contributed by atoms with Crippen LogP contribution in [0.15, 0.2) is 18.2 Å². The number of likely N-dealkylation sites (tertiary alicyclic amines) is 1. The number of alkyl halides is 3. The molecule has 1 heterocycles. The number of nitrogen functional groups attached to an aromatic ring is 1. The first-order valence-electron chi connectivity index (χ1n) is 7.00. The van der Waals surface area contributed by atoms with Gasteiger partial charge in [-0.25, -0.2) is 0 Å². The van der Waals surface area contributed by atoms with Gasteiger partial charge in [-0.2, -0.15) is 13.2 Å². The summed E-state index contributed by atoms with van der Waals surface area (Å²) < 4.78 is 38.4. The van der Waals surface area contributed by atoms with Gasteiger partial charge < -0.3 is 5.73 Å². The normalized spacial score (nSPS) is 20.5. The van der Waals surface area contributed by atoms with E-state index < -0.39 is 12.1 Å². The molecule has 0 aromatic heterocycles. The molecule has 1 aromatic rings. The molecule has 1 unspecified atom stereocenters. The third-order valence-electron chi connectivity index (χ3n) is 4.02. The van der Waals surface area contributed by atoms with E-state index in [1.54, 1.807) is 6.07 Å². The number of benzene rings is 1. The summed E-state index contributed by atoms with van der Waals surface area (Å²) >= 11 is 0. The monoisotopic (exact) mass is 299 g/mol. The number of hydrogen-bond donors (Lipinski definition) is 2. The van der Waals surface area contributed by atoms with Crippen molar-refractivity contribution in [1.29, 1.82) is 5.41 Å². The second-order valence-electron chi connectivity index (χ2n) is 5.67. The Morgan fingerprint density at radius 2 is 2.14 bits per heavy atom. The van der Waals surface area contributed by atoms with Crippen LogP contribution in [0.4, 0.5) is 13.2 Å². The molecule has 0 saturated carbocycles. The van der Waals surface area contributed by atoms with Crippen LogP contribution in [0, 0.1) is 18.3 Å². The Morgan fingerprint density at radius 1 is 1.43 bits per heavy atom. The summed E-state index contributed by atoms with van der Waals surface area (Å²) in [6.45, 7) is 3.17. The molecule has 116 valence electrons. The minimum absolute atomic E-state index is 0.000224. The summed E-state index contributed by atoms with van der Waals surface area (Å²) in [5.74, 6) is -1.22. The molecule has 1 fully saturated rings. The van der Waals surface area contributed by atoms with Crippen molar-refractivity contribution in [3.63, 3.8) is 0 Å². The standard InChI is InChI=1S/C15H20F3N3/c1-10-7-11(14(19)20)4-5-12(10)8-21-6-2-3-13(9-21)15(16,17)18/h4-5,7,13H,2-3,6,8-9H2,1H3,(H3,19,20). The van der Waals surface area contributed by atoms with Gasteiger partial charge in [0.25, 0.3) is 0 Å². The van der Waals surface area contributed by atoms with Crippen molar-refractivity contribution in [1.82, 2.24) is 4.90 Å². The SMILES string of the molecule is Cc1cc(C(=N)N)ccc1CN1CCCC(C(F)(F)F)C1. The minimum atomic E-state index is -4.10. The molecule has 6 heteroatoms. The van der Waals surface area contributed by atoms with Gasteiger partial charge in [0.15, 0.2) is 0 Å². The highest BCUT2D eigenvalue weighted by atomic mass is 19.4. The van der Waals surface area contributed by atoms with Crippen molar-refractivity contribution in [2.45, 2.75) is 32.5 Å². The minimum Gasteiger partial charge on any atom is -0.384 e. The van der Waals surface area contributed by atoms with E-state index in [1.807, 2.05) is 24.0 Å². The second-order valence-corrected chi connectivity index (χ2v) is 5.67. The Labute approximate surface area is 122 Å². The Kier molecular flexibility index (Phi) is 4.56. The van der Waals surface area contributed by atoms with Crippen molar-refractivity contribution in [2.24, 2.45) is 11.7 Å². The lowest BCUT2D eigenvalue weighted by Crippen LogP contribution is -2.41. The second kappa shape index (κ2) is 6.05. The molecule has 1 aliphatic rings. The van der Waals surface area contributed by atoms with Gasteiger partial charge in [-0.3, -0.25) is 10.3 Å². The molecule has 3 N–H and O–H groups in total. The summed E-state index contributed by atoms with van der Waals surface area (Å²) in [5.41, 5.74) is 8.02. The van der Waals surface area contributed by atoms with Crippen LogP contribution in [0.2, 0.25) is 0 Å². The van der Waals surface area contributed by atoms with Crippen molar-refractivity contribution >= 4 is 5.84 Å². The zero-order valence-electron chi connectivity index (χ0n) is 12.0. The molecule has 1 aliphatic heterocycles. The fraction of sp³-hybridized carbons (Fsp3) is 0.533. The first kappa shape index (κ1) is 15.8. The van der Waals surface area contributed by atoms with E-state index in [1.165, 1.54) is 0 Å². The number of piperidine rings is 1. The van der Waals surface area contributed by atoms with E-state index >= 15 is 0 Å². The van der Waals surface area contributed by atoms with Crippen LogP contribution in [0.1, 0.15) is 29.5 Å². The number of rotatable bonds is 3. The van der Waals surface area contributed by atoms with Gasteiger partial charge in [-0.1, -0.05) is 12.1 Å². The van der Waals surface area contributed by atoms with E-state index in [2.05, 4.69) is 0 Å². The molecule has 0 bridgehead atoms. The summed E-state index contributed by atoms with van der Waals surface area (Å²) in [6.07, 6.45) is -3.30. The lowest BCUT2D eigenvalue weighted by molar-refractivity contribution is -0.187. The number of nitrogens with one attached hydrogen (secondary N) is 1. The largest absolute Gasteiger partial charge is 0.393 e. The highest BCUT2D eigenvalue weighted by Gasteiger charge is 2.41. The first-order valence-corrected chi connectivity index (χ1v) is 7.00. The average molecular weight is 299 g/mol. The number of nitrogens with zero attached hydrogens (tertiary/aromatic N) is 1. The van der Waals surface area contributed by atoms with E-state index in [9.17, 15) is 13.2 Å². The van der Waals surface area contributed by atoms with E-state index in [0.29, 0.717) is 25.1 Å². The number of hydrogen-bond acceptors (Lipinski definition) is 2. The fourth-order valence-corrected chi connectivity index (χ4v) is 2.75. The zero-order chi connectivity index (χ0) is 15.6. The molecule has 2 rings (SSSR count). The van der Waals surface area contributed by atoms with Gasteiger partial charge in [-0.15, -0.1) is 0 Å². The Hall–Kier alpha value is -1.56. The van der Waals surface area contributed by atoms with Crippen LogP contribution in [-0.2, 0) is 6.54 Å². The van der Waals surface area contributed by atoms with Gasteiger partial charge >= 0.3 is 6.18 Å². The van der Waals surface area contributed by atoms with Crippen molar-refractivity contribution in [3.8, 4) is 0 Å². The summed E-state index contributed by atoms with van der Waals surface area (Å²) in [5, 5.41) is 7.39. The van der Waals surface area contributed by atoms with E-state index in [0.717, 1.165) is 11.1 Å². The fourth-order valence-electron chi connectivity index (χ4n) is 2.75. The summed E-state index contributed by atoms with van der Waals surface area (Å²) in [6, 6.07) is 5.40. The van der Waals surface area contributed by atoms with Crippen LogP contribution in [0.3, 0.4) is 0 Å². The predicted molar refractivity (Wildman–Crippen MR) is 76.3 cm³/mol. The van der Waals surface area contributed by atoms with Crippen LogP contribution in [-0.4, -0.2) is 30.0 Å². The predicted octanol–water partition coefficient (Wildman–Crippen LogP) is 3.05. The maximum absolute atomic E-state index is 12.8. The number of amidine groups is 1. The third-order valence-corrected chi connectivity index (χ3v) is 4.02. The van der Waals surface area contributed by atoms with Gasteiger partial charge in [0.2, 0.25) is 0 Å². The van der Waals surface area contributed by atoms with Crippen molar-refractivity contribution < 1.29 is 13.2 Å². The molecular weight excluding hydrogens is 279 g/mol. The highest BCUT2D eigenvalue weighted by molar-refractivity contribution is 5.95. The lowest BCUT2D eigenvalue weighted by Gasteiger charge is -2.34. The number of halogens is 3. The molecule has 0 spiro atoms. The summed E-state index contributed by atoms with van der Waals surface area (Å²) in [4.78, 5) is 1.86. The molecule has 21 heavy (non-hydrogen) atoms. The summed E-state index contributed by atoms with van der Waals surface area (Å²) in [7, 11) is 0. The highest BCUT2D eigenvalue weighted by Crippen LogP contribution is 2.33. The zero-order valence-corrected chi connectivity index (χ0v) is 12.0. The van der Waals surface area contributed by atoms with Gasteiger partial charge in [0.05, 0.1) is 5.92 Å². The molecule has 1 saturated heterocycles. The van der Waals surface area contributed by atoms with Crippen LogP contribution in [0.25, 0.3) is 0 Å². The van der Waals surface area contributed by atoms with Gasteiger partial charge in [-0.05, 0) is 43.5 Å². The van der Waals surface area contributed by atoms with Crippen LogP contribution < -0.4 is 5.73 Å². The van der Waals surface area contributed by atoms with E-state index in [-0.39, 0.29) is 18.8 Å². The average Bonchev–Trinajstić information content (AvgIpc) is 2.40. The molecule has 0 amide bonds. The molecule has 1 aromatic carbocycles. The molecule has 3 nitrogen and oxygen atoms in total. The number of aryl methyl sites for hydroxylation is 1. The van der Waals surface area contributed by atoms with Gasteiger partial charge in [0.1, 0.15) is 5.84 Å². The number of nitrogens with two attached hydrogens (primary N) is 1. The molecule has 0 radical (unpaired) electrons. The molecule has 0 aliphatic carbocycles. The maximum Gasteiger partial charge on any atom is 0.393 e. The molecular formula is C15H20F3N3. The van der Waals surface area contributed by atoms with Crippen molar-refractivity contribution in [2.75, 3.05) is 13.1 Å². The first-order chi connectivity index (χ1) is 9.77. The quantitative estimate of drug-likeness (QED) is 0.666.